The number of halogens is 1. The van der Waals surface area contributed by atoms with E-state index in [1.807, 2.05) is 36.4 Å². The van der Waals surface area contributed by atoms with Crippen LogP contribution in [0.1, 0.15) is 11.4 Å². The number of imidazole rings is 1. The summed E-state index contributed by atoms with van der Waals surface area (Å²) in [5.74, 6) is 2.10. The fraction of sp³-hybridized carbons (Fsp3) is 0.154. The third-order valence-electron chi connectivity index (χ3n) is 5.80. The second-order valence-corrected chi connectivity index (χ2v) is 8.03. The van der Waals surface area contributed by atoms with E-state index in [0.29, 0.717) is 12.3 Å². The predicted molar refractivity (Wildman–Crippen MR) is 125 cm³/mol. The van der Waals surface area contributed by atoms with Gasteiger partial charge in [0.1, 0.15) is 11.6 Å². The number of fused-ring (bicyclic) bond motifs is 3. The number of pyridine rings is 1. The number of rotatable bonds is 6. The number of ether oxygens (including phenoxy) is 2. The number of nitrogens with zero attached hydrogens (tertiary/aromatic N) is 2. The zero-order valence-electron chi connectivity index (χ0n) is 17.8. The van der Waals surface area contributed by atoms with Crippen LogP contribution in [0.3, 0.4) is 0 Å². The third kappa shape index (κ3) is 3.87. The van der Waals surface area contributed by atoms with Gasteiger partial charge < -0.3 is 19.8 Å². The van der Waals surface area contributed by atoms with Crippen LogP contribution in [0.15, 0.2) is 66.7 Å². The van der Waals surface area contributed by atoms with Crippen LogP contribution < -0.4 is 14.8 Å². The number of aromatic nitrogens is 3. The maximum atomic E-state index is 13.5. The summed E-state index contributed by atoms with van der Waals surface area (Å²) in [6, 6.07) is 20.4. The van der Waals surface area contributed by atoms with Gasteiger partial charge in [-0.05, 0) is 54.1 Å². The van der Waals surface area contributed by atoms with Crippen LogP contribution in [-0.2, 0) is 13.0 Å². The van der Waals surface area contributed by atoms with Crippen molar-refractivity contribution in [2.45, 2.75) is 13.0 Å². The van der Waals surface area contributed by atoms with Crippen LogP contribution in [0.5, 0.6) is 11.5 Å². The minimum Gasteiger partial charge on any atom is -0.454 e. The van der Waals surface area contributed by atoms with Crippen molar-refractivity contribution in [1.82, 2.24) is 20.3 Å². The molecule has 0 spiro atoms. The molecule has 0 atom stereocenters. The summed E-state index contributed by atoms with van der Waals surface area (Å²) in [6.07, 6.45) is 0.778. The van der Waals surface area contributed by atoms with Gasteiger partial charge in [0.05, 0.1) is 22.2 Å². The van der Waals surface area contributed by atoms with E-state index < -0.39 is 0 Å². The molecule has 3 heterocycles. The van der Waals surface area contributed by atoms with Gasteiger partial charge >= 0.3 is 0 Å². The quantitative estimate of drug-likeness (QED) is 0.365. The summed E-state index contributed by atoms with van der Waals surface area (Å²) in [6.45, 7) is 1.58. The molecular formula is C26H21FN4O2. The van der Waals surface area contributed by atoms with Crippen LogP contribution in [0.2, 0.25) is 0 Å². The van der Waals surface area contributed by atoms with Crippen LogP contribution in [-0.4, -0.2) is 28.3 Å². The van der Waals surface area contributed by atoms with E-state index in [2.05, 4.69) is 21.4 Å². The summed E-state index contributed by atoms with van der Waals surface area (Å²) in [4.78, 5) is 12.9. The van der Waals surface area contributed by atoms with E-state index in [0.717, 1.165) is 63.3 Å². The van der Waals surface area contributed by atoms with Crippen molar-refractivity contribution in [3.05, 3.63) is 83.9 Å². The Hall–Kier alpha value is -3.97. The molecule has 0 unspecified atom stereocenters. The first-order chi connectivity index (χ1) is 16.2. The maximum absolute atomic E-state index is 13.5. The molecule has 2 aromatic heterocycles. The molecule has 0 aliphatic carbocycles. The van der Waals surface area contributed by atoms with Crippen molar-refractivity contribution < 1.29 is 13.9 Å². The molecule has 0 radical (unpaired) electrons. The molecule has 33 heavy (non-hydrogen) atoms. The van der Waals surface area contributed by atoms with Gasteiger partial charge in [-0.1, -0.05) is 12.1 Å². The molecule has 0 fully saturated rings. The van der Waals surface area contributed by atoms with Crippen molar-refractivity contribution in [2.24, 2.45) is 0 Å². The Kier molecular flexibility index (Phi) is 4.88. The lowest BCUT2D eigenvalue weighted by atomic mass is 10.0. The molecular weight excluding hydrogens is 419 g/mol. The Morgan fingerprint density at radius 3 is 2.58 bits per heavy atom. The number of nitrogens with one attached hydrogen (secondary N) is 2. The normalized spacial score (nSPS) is 12.6. The van der Waals surface area contributed by atoms with Gasteiger partial charge in [0.2, 0.25) is 6.79 Å². The molecule has 0 saturated carbocycles. The summed E-state index contributed by atoms with van der Waals surface area (Å²) >= 11 is 0. The Bertz CT molecular complexity index is 1430. The Labute approximate surface area is 189 Å². The van der Waals surface area contributed by atoms with Crippen LogP contribution in [0, 0.1) is 5.82 Å². The van der Waals surface area contributed by atoms with Gasteiger partial charge in [-0.25, -0.2) is 14.4 Å². The van der Waals surface area contributed by atoms with Gasteiger partial charge in [-0.3, -0.25) is 0 Å². The molecule has 0 bridgehead atoms. The third-order valence-corrected chi connectivity index (χ3v) is 5.80. The first kappa shape index (κ1) is 19.7. The van der Waals surface area contributed by atoms with E-state index in [-0.39, 0.29) is 12.6 Å². The summed E-state index contributed by atoms with van der Waals surface area (Å²) in [7, 11) is 0. The number of hydrogen-bond acceptors (Lipinski definition) is 5. The number of benzene rings is 3. The van der Waals surface area contributed by atoms with Crippen molar-refractivity contribution in [3.63, 3.8) is 0 Å². The van der Waals surface area contributed by atoms with Crippen molar-refractivity contribution in [3.8, 4) is 22.8 Å². The summed E-state index contributed by atoms with van der Waals surface area (Å²) < 4.78 is 24.6. The second kappa shape index (κ2) is 8.18. The van der Waals surface area contributed by atoms with Crippen molar-refractivity contribution in [1.29, 1.82) is 0 Å². The number of hydrogen-bond donors (Lipinski definition) is 2. The minimum absolute atomic E-state index is 0.215. The lowest BCUT2D eigenvalue weighted by Crippen LogP contribution is -2.18. The summed E-state index contributed by atoms with van der Waals surface area (Å²) in [5, 5.41) is 4.47. The van der Waals surface area contributed by atoms with E-state index >= 15 is 0 Å². The molecule has 6 rings (SSSR count). The first-order valence-electron chi connectivity index (χ1n) is 10.9. The second-order valence-electron chi connectivity index (χ2n) is 8.03. The lowest BCUT2D eigenvalue weighted by Gasteiger charge is -2.13. The zero-order valence-corrected chi connectivity index (χ0v) is 17.8. The Balaban J connectivity index is 1.27. The molecule has 5 aromatic rings. The molecule has 1 aliphatic rings. The average Bonchev–Trinajstić information content (AvgIpc) is 3.46. The van der Waals surface area contributed by atoms with Gasteiger partial charge in [-0.2, -0.15) is 0 Å². The van der Waals surface area contributed by atoms with Gasteiger partial charge in [0, 0.05) is 36.5 Å². The van der Waals surface area contributed by atoms with E-state index in [1.54, 1.807) is 12.1 Å². The fourth-order valence-electron chi connectivity index (χ4n) is 4.15. The molecule has 1 aliphatic heterocycles. The highest BCUT2D eigenvalue weighted by Crippen LogP contribution is 2.37. The fourth-order valence-corrected chi connectivity index (χ4v) is 4.15. The number of H-pyrrole nitrogens is 1. The smallest absolute Gasteiger partial charge is 0.231 e. The highest BCUT2D eigenvalue weighted by Gasteiger charge is 2.17. The summed E-state index contributed by atoms with van der Waals surface area (Å²) in [5.41, 5.74) is 5.54. The molecule has 164 valence electrons. The molecule has 7 heteroatoms. The Morgan fingerprint density at radius 1 is 0.909 bits per heavy atom. The number of para-hydroxylation sites is 2. The lowest BCUT2D eigenvalue weighted by molar-refractivity contribution is 0.174. The SMILES string of the molecule is Fc1ccc(-c2nc3cc4c(cc3cc2CNCCc2nc3ccccc3[nH]2)OCO4)cc1. The monoisotopic (exact) mass is 440 g/mol. The van der Waals surface area contributed by atoms with Gasteiger partial charge in [-0.15, -0.1) is 0 Å². The van der Waals surface area contributed by atoms with Gasteiger partial charge in [0.25, 0.3) is 0 Å². The van der Waals surface area contributed by atoms with Crippen molar-refractivity contribution >= 4 is 21.9 Å². The van der Waals surface area contributed by atoms with E-state index in [9.17, 15) is 4.39 Å². The van der Waals surface area contributed by atoms with Crippen LogP contribution in [0.4, 0.5) is 4.39 Å². The highest BCUT2D eigenvalue weighted by molar-refractivity contribution is 5.86. The largest absolute Gasteiger partial charge is 0.454 e. The maximum Gasteiger partial charge on any atom is 0.231 e. The molecule has 6 nitrogen and oxygen atoms in total. The average molecular weight is 440 g/mol. The van der Waals surface area contributed by atoms with Crippen LogP contribution >= 0.6 is 0 Å². The standard InChI is InChI=1S/C26H21FN4O2/c27-19-7-5-16(6-8-19)26-18(11-17-12-23-24(33-15-32-23)13-22(17)31-26)14-28-10-9-25-29-20-3-1-2-4-21(20)30-25/h1-8,11-13,28H,9-10,14-15H2,(H,29,30). The minimum atomic E-state index is -0.270. The predicted octanol–water partition coefficient (Wildman–Crippen LogP) is 4.98. The molecule has 2 N–H and O–H groups in total. The topological polar surface area (TPSA) is 72.1 Å². The van der Waals surface area contributed by atoms with E-state index in [4.69, 9.17) is 14.5 Å². The number of aromatic amines is 1. The molecule has 0 amide bonds. The molecule has 3 aromatic carbocycles. The molecule has 0 saturated heterocycles. The van der Waals surface area contributed by atoms with E-state index in [1.165, 1.54) is 12.1 Å². The zero-order chi connectivity index (χ0) is 22.2. The first-order valence-corrected chi connectivity index (χ1v) is 10.9. The van der Waals surface area contributed by atoms with Crippen molar-refractivity contribution in [2.75, 3.05) is 13.3 Å². The van der Waals surface area contributed by atoms with Gasteiger partial charge in [0.15, 0.2) is 11.5 Å². The van der Waals surface area contributed by atoms with Crippen LogP contribution in [0.25, 0.3) is 33.2 Å². The highest BCUT2D eigenvalue weighted by atomic mass is 19.1. The Morgan fingerprint density at radius 2 is 1.73 bits per heavy atom.